The van der Waals surface area contributed by atoms with E-state index in [1.165, 1.54) is 19.3 Å². The molecule has 0 saturated carbocycles. The number of carbonyl (C=O) groups excluding carboxylic acids is 2. The van der Waals surface area contributed by atoms with Gasteiger partial charge in [-0.15, -0.1) is 0 Å². The Hall–Kier alpha value is -3.30. The smallest absolute Gasteiger partial charge is 0.463 e. The molecule has 0 aromatic carbocycles. The molecule has 0 amide bonds. The van der Waals surface area contributed by atoms with Crippen LogP contribution in [0.3, 0.4) is 0 Å². The molecule has 0 aromatic rings. The lowest BCUT2D eigenvalue weighted by molar-refractivity contribution is -0.148. The molecule has 0 fully saturated rings. The van der Waals surface area contributed by atoms with Gasteiger partial charge in [0, 0.05) is 12.8 Å². The van der Waals surface area contributed by atoms with Crippen molar-refractivity contribution in [2.75, 3.05) is 39.6 Å². The number of hydrogen-bond donors (Lipinski definition) is 5. The van der Waals surface area contributed by atoms with Crippen molar-refractivity contribution in [3.8, 4) is 0 Å². The molecule has 0 aliphatic carbocycles. The average molecular weight is 915 g/mol. The molecule has 0 aliphatic heterocycles. The van der Waals surface area contributed by atoms with E-state index in [4.69, 9.17) is 9.47 Å². The molecule has 0 aromatic heterocycles. The fraction of sp³-hybridized carbons (Fsp3) is 0.556. The van der Waals surface area contributed by atoms with Crippen LogP contribution in [-0.4, -0.2) is 95.0 Å². The summed E-state index contributed by atoms with van der Waals surface area (Å²) in [6.07, 6.45) is 42.5. The summed E-state index contributed by atoms with van der Waals surface area (Å²) in [6.45, 7) is 0.0305. The minimum Gasteiger partial charge on any atom is -0.463 e. The number of phosphoric ester groups is 2. The van der Waals surface area contributed by atoms with Crippen LogP contribution in [0.4, 0.5) is 0 Å². The van der Waals surface area contributed by atoms with Crippen molar-refractivity contribution in [1.29, 1.82) is 0 Å². The number of phosphoric acid groups is 2. The summed E-state index contributed by atoms with van der Waals surface area (Å²) < 4.78 is 52.7. The molecule has 0 bridgehead atoms. The normalized spacial score (nSPS) is 16.3. The quantitative estimate of drug-likeness (QED) is 0.0128. The third-order valence-electron chi connectivity index (χ3n) is 7.84. The zero-order valence-electron chi connectivity index (χ0n) is 36.5. The summed E-state index contributed by atoms with van der Waals surface area (Å²) in [4.78, 5) is 43.5. The number of hydrogen-bond acceptors (Lipinski definition) is 13. The Labute approximate surface area is 369 Å². The van der Waals surface area contributed by atoms with Crippen LogP contribution in [0.5, 0.6) is 0 Å². The second-order valence-electron chi connectivity index (χ2n) is 13.7. The number of aliphatic hydroxyl groups excluding tert-OH is 3. The zero-order valence-corrected chi connectivity index (χ0v) is 38.3. The number of ether oxygens (including phenoxy) is 2. The van der Waals surface area contributed by atoms with E-state index in [1.54, 1.807) is 0 Å². The summed E-state index contributed by atoms with van der Waals surface area (Å²) in [5.41, 5.74) is 0. The maximum Gasteiger partial charge on any atom is 0.472 e. The molecule has 0 heterocycles. The lowest BCUT2D eigenvalue weighted by Crippen LogP contribution is -2.25. The van der Waals surface area contributed by atoms with Gasteiger partial charge in [0.1, 0.15) is 31.5 Å². The van der Waals surface area contributed by atoms with Gasteiger partial charge in [-0.3, -0.25) is 27.7 Å². The first-order valence-electron chi connectivity index (χ1n) is 21.3. The molecular weight excluding hydrogens is 842 g/mol. The predicted octanol–water partition coefficient (Wildman–Crippen LogP) is 8.93. The Morgan fingerprint density at radius 3 is 1.19 bits per heavy atom. The third kappa shape index (κ3) is 42.0. The van der Waals surface area contributed by atoms with Crippen LogP contribution in [0.25, 0.3) is 0 Å². The molecule has 5 N–H and O–H groups in total. The fourth-order valence-corrected chi connectivity index (χ4v) is 6.12. The summed E-state index contributed by atoms with van der Waals surface area (Å²) in [6, 6.07) is 0. The lowest BCUT2D eigenvalue weighted by atomic mass is 10.2. The van der Waals surface area contributed by atoms with Gasteiger partial charge in [-0.05, 0) is 64.2 Å². The van der Waals surface area contributed by atoms with E-state index >= 15 is 0 Å². The van der Waals surface area contributed by atoms with Crippen LogP contribution < -0.4 is 0 Å². The number of unbranched alkanes of at least 4 members (excludes halogenated alkanes) is 5. The largest absolute Gasteiger partial charge is 0.472 e. The van der Waals surface area contributed by atoms with Crippen molar-refractivity contribution in [3.63, 3.8) is 0 Å². The first-order chi connectivity index (χ1) is 29.8. The van der Waals surface area contributed by atoms with E-state index in [0.717, 1.165) is 32.1 Å². The standard InChI is InChI=1S/C45H72O15P2/c1-3-5-7-9-11-13-15-17-18-19-20-22-24-26-28-30-32-34-45(50)56-36-42(47)38-58-62(53,54)60-40-43(48)39-59-61(51,52)57-37-41(46)35-55-44(49)33-31-29-27-25-23-21-16-14-12-10-8-6-4-2/h6,8,10-14,16-18,20-23,25-28,41-43,46-48H,3-5,7,9,15,19,24,29-40H2,1-2H3,(H,51,52)(H,53,54)/b8-6+,12-10+,13-11-,16-14-,18-17-,22-20-,23-21-,27-25+,28-26-. The summed E-state index contributed by atoms with van der Waals surface area (Å²) in [7, 11) is -9.61. The minimum atomic E-state index is -4.81. The molecule has 0 aliphatic rings. The van der Waals surface area contributed by atoms with Gasteiger partial charge in [-0.25, -0.2) is 9.13 Å². The van der Waals surface area contributed by atoms with E-state index in [0.29, 0.717) is 25.7 Å². The first-order valence-corrected chi connectivity index (χ1v) is 24.3. The molecule has 352 valence electrons. The Morgan fingerprint density at radius 1 is 0.452 bits per heavy atom. The van der Waals surface area contributed by atoms with Gasteiger partial charge >= 0.3 is 27.6 Å². The van der Waals surface area contributed by atoms with Crippen LogP contribution in [-0.2, 0) is 46.3 Å². The Morgan fingerprint density at radius 2 is 0.790 bits per heavy atom. The summed E-state index contributed by atoms with van der Waals surface area (Å²) in [5.74, 6) is -1.13. The number of carbonyl (C=O) groups is 2. The van der Waals surface area contributed by atoms with Crippen molar-refractivity contribution in [2.24, 2.45) is 0 Å². The molecule has 17 heteroatoms. The van der Waals surface area contributed by atoms with Gasteiger partial charge in [0.15, 0.2) is 0 Å². The summed E-state index contributed by atoms with van der Waals surface area (Å²) in [5, 5.41) is 29.9. The Balaban J connectivity index is 4.07. The topological polar surface area (TPSA) is 225 Å². The van der Waals surface area contributed by atoms with Crippen molar-refractivity contribution >= 4 is 27.6 Å². The van der Waals surface area contributed by atoms with Gasteiger partial charge in [0.05, 0.1) is 26.4 Å². The highest BCUT2D eigenvalue weighted by molar-refractivity contribution is 7.47. The van der Waals surface area contributed by atoms with Crippen molar-refractivity contribution in [1.82, 2.24) is 0 Å². The monoisotopic (exact) mass is 914 g/mol. The summed E-state index contributed by atoms with van der Waals surface area (Å²) >= 11 is 0. The number of rotatable bonds is 39. The van der Waals surface area contributed by atoms with Gasteiger partial charge < -0.3 is 34.6 Å². The van der Waals surface area contributed by atoms with Crippen molar-refractivity contribution in [3.05, 3.63) is 109 Å². The maximum absolute atomic E-state index is 12.1. The molecule has 0 saturated heterocycles. The number of esters is 2. The van der Waals surface area contributed by atoms with E-state index in [2.05, 4.69) is 74.5 Å². The number of allylic oxidation sites excluding steroid dienone is 18. The predicted molar refractivity (Wildman–Crippen MR) is 242 cm³/mol. The van der Waals surface area contributed by atoms with Crippen LogP contribution >= 0.6 is 15.6 Å². The first kappa shape index (κ1) is 58.7. The lowest BCUT2D eigenvalue weighted by Gasteiger charge is -2.19. The van der Waals surface area contributed by atoms with Crippen LogP contribution in [0.1, 0.15) is 104 Å². The third-order valence-corrected chi connectivity index (χ3v) is 9.74. The van der Waals surface area contributed by atoms with Gasteiger partial charge in [0.2, 0.25) is 0 Å². The van der Waals surface area contributed by atoms with Crippen LogP contribution in [0.15, 0.2) is 109 Å². The number of aliphatic hydroxyl groups is 3. The van der Waals surface area contributed by atoms with Crippen LogP contribution in [0, 0.1) is 0 Å². The SMILES string of the molecule is CC/C=C/C=C/C=C\C=C/C=C/CCCC(=O)OCC(O)COP(=O)(O)OCC(O)COP(=O)(O)OCC(O)COC(=O)CCC/C=C\C/C=C\C/C=C\C/C=C\CCCCC. The molecule has 62 heavy (non-hydrogen) atoms. The molecule has 0 radical (unpaired) electrons. The molecule has 0 spiro atoms. The van der Waals surface area contributed by atoms with E-state index in [1.807, 2.05) is 66.8 Å². The van der Waals surface area contributed by atoms with Gasteiger partial charge in [-0.1, -0.05) is 136 Å². The fourth-order valence-electron chi connectivity index (χ4n) is 4.53. The second kappa shape index (κ2) is 40.5. The average Bonchev–Trinajstić information content (AvgIpc) is 3.24. The molecular formula is C45H72O15P2. The highest BCUT2D eigenvalue weighted by Gasteiger charge is 2.28. The molecule has 5 unspecified atom stereocenters. The zero-order chi connectivity index (χ0) is 46.0. The van der Waals surface area contributed by atoms with Crippen LogP contribution in [0.2, 0.25) is 0 Å². The minimum absolute atomic E-state index is 0.0929. The van der Waals surface area contributed by atoms with Crippen molar-refractivity contribution in [2.45, 2.75) is 122 Å². The second-order valence-corrected chi connectivity index (χ2v) is 16.6. The van der Waals surface area contributed by atoms with E-state index < -0.39 is 85.5 Å². The Bertz CT molecular complexity index is 1530. The highest BCUT2D eigenvalue weighted by Crippen LogP contribution is 2.45. The van der Waals surface area contributed by atoms with E-state index in [-0.39, 0.29) is 12.8 Å². The Kier molecular flexibility index (Phi) is 38.3. The highest BCUT2D eigenvalue weighted by atomic mass is 31.2. The van der Waals surface area contributed by atoms with E-state index in [9.17, 15) is 43.8 Å². The maximum atomic E-state index is 12.1. The molecule has 0 rings (SSSR count). The van der Waals surface area contributed by atoms with Gasteiger partial charge in [0.25, 0.3) is 0 Å². The molecule has 5 atom stereocenters. The molecule has 15 nitrogen and oxygen atoms in total. The van der Waals surface area contributed by atoms with Gasteiger partial charge in [-0.2, -0.15) is 0 Å². The van der Waals surface area contributed by atoms with Crippen molar-refractivity contribution < 1.29 is 71.4 Å².